The summed E-state index contributed by atoms with van der Waals surface area (Å²) in [5, 5.41) is 16.2. The van der Waals surface area contributed by atoms with Gasteiger partial charge in [-0.05, 0) is 31.9 Å². The van der Waals surface area contributed by atoms with Crippen molar-refractivity contribution in [2.45, 2.75) is 31.9 Å². The first-order chi connectivity index (χ1) is 8.19. The molecule has 0 amide bonds. The molecule has 5 nitrogen and oxygen atoms in total. The normalized spacial score (nSPS) is 17.9. The van der Waals surface area contributed by atoms with Crippen LogP contribution in [0.15, 0.2) is 21.5 Å². The molecule has 3 N–H and O–H groups in total. The zero-order chi connectivity index (χ0) is 12.3. The molecule has 1 heterocycles. The van der Waals surface area contributed by atoms with Crippen LogP contribution in [0.4, 0.5) is 0 Å². The molecule has 1 unspecified atom stereocenters. The minimum atomic E-state index is -0.651. The Balaban J connectivity index is 1.80. The van der Waals surface area contributed by atoms with E-state index in [2.05, 4.69) is 15.6 Å². The quantitative estimate of drug-likeness (QED) is 0.538. The van der Waals surface area contributed by atoms with Gasteiger partial charge in [-0.3, -0.25) is 4.99 Å². The molecule has 0 bridgehead atoms. The van der Waals surface area contributed by atoms with Crippen LogP contribution in [-0.4, -0.2) is 30.7 Å². The van der Waals surface area contributed by atoms with Crippen molar-refractivity contribution in [1.82, 2.24) is 10.6 Å². The first kappa shape index (κ1) is 12.0. The highest BCUT2D eigenvalue weighted by atomic mass is 16.4. The van der Waals surface area contributed by atoms with E-state index in [1.165, 1.54) is 12.8 Å². The summed E-state index contributed by atoms with van der Waals surface area (Å²) in [4.78, 5) is 4.09. The van der Waals surface area contributed by atoms with Crippen LogP contribution >= 0.6 is 0 Å². The molecule has 0 saturated heterocycles. The topological polar surface area (TPSA) is 69.8 Å². The lowest BCUT2D eigenvalue weighted by Gasteiger charge is -2.13. The highest BCUT2D eigenvalue weighted by molar-refractivity contribution is 5.80. The van der Waals surface area contributed by atoms with Crippen molar-refractivity contribution in [3.05, 3.63) is 23.7 Å². The Labute approximate surface area is 101 Å². The Kier molecular flexibility index (Phi) is 3.68. The van der Waals surface area contributed by atoms with Crippen LogP contribution < -0.4 is 10.6 Å². The van der Waals surface area contributed by atoms with Crippen LogP contribution in [0, 0.1) is 6.92 Å². The third-order valence-corrected chi connectivity index (χ3v) is 2.69. The van der Waals surface area contributed by atoms with Gasteiger partial charge in [0.2, 0.25) is 0 Å². The van der Waals surface area contributed by atoms with Gasteiger partial charge in [0.25, 0.3) is 0 Å². The standard InChI is InChI=1S/C12H19N3O2/c1-8-3-6-11(17-8)10(16)7-14-12(13-2)15-9-4-5-9/h3,6,9-10,16H,4-5,7H2,1-2H3,(H2,13,14,15). The summed E-state index contributed by atoms with van der Waals surface area (Å²) in [5.41, 5.74) is 0. The zero-order valence-electron chi connectivity index (χ0n) is 10.2. The Bertz CT molecular complexity index is 396. The predicted octanol–water partition coefficient (Wildman–Crippen LogP) is 0.949. The molecule has 1 aromatic rings. The van der Waals surface area contributed by atoms with E-state index in [1.807, 2.05) is 13.0 Å². The number of aliphatic hydroxyl groups is 1. The number of guanidine groups is 1. The summed E-state index contributed by atoms with van der Waals surface area (Å²) < 4.78 is 5.35. The van der Waals surface area contributed by atoms with Crippen molar-refractivity contribution in [2.75, 3.05) is 13.6 Å². The molecule has 0 aromatic carbocycles. The number of hydrogen-bond acceptors (Lipinski definition) is 3. The van der Waals surface area contributed by atoms with E-state index in [-0.39, 0.29) is 0 Å². The van der Waals surface area contributed by atoms with E-state index in [0.717, 1.165) is 11.7 Å². The molecule has 1 aromatic heterocycles. The summed E-state index contributed by atoms with van der Waals surface area (Å²) in [7, 11) is 1.72. The molecule has 0 spiro atoms. The summed E-state index contributed by atoms with van der Waals surface area (Å²) >= 11 is 0. The Morgan fingerprint density at radius 1 is 1.59 bits per heavy atom. The van der Waals surface area contributed by atoms with Gasteiger partial charge in [0.05, 0.1) is 6.54 Å². The van der Waals surface area contributed by atoms with E-state index in [9.17, 15) is 5.11 Å². The Hall–Kier alpha value is -1.49. The number of nitrogens with zero attached hydrogens (tertiary/aromatic N) is 1. The van der Waals surface area contributed by atoms with E-state index < -0.39 is 6.10 Å². The fraction of sp³-hybridized carbons (Fsp3) is 0.583. The van der Waals surface area contributed by atoms with E-state index in [1.54, 1.807) is 13.1 Å². The first-order valence-electron chi connectivity index (χ1n) is 5.90. The maximum Gasteiger partial charge on any atom is 0.191 e. The molecule has 5 heteroatoms. The van der Waals surface area contributed by atoms with Gasteiger partial charge in [-0.25, -0.2) is 0 Å². The number of furan rings is 1. The first-order valence-corrected chi connectivity index (χ1v) is 5.90. The molecule has 94 valence electrons. The van der Waals surface area contributed by atoms with Gasteiger partial charge >= 0.3 is 0 Å². The van der Waals surface area contributed by atoms with Crippen LogP contribution in [0.25, 0.3) is 0 Å². The zero-order valence-corrected chi connectivity index (χ0v) is 10.2. The summed E-state index contributed by atoms with van der Waals surface area (Å²) in [6.07, 6.45) is 1.74. The molecule has 1 fully saturated rings. The molecular formula is C12H19N3O2. The number of nitrogens with one attached hydrogen (secondary N) is 2. The number of aliphatic hydroxyl groups excluding tert-OH is 1. The lowest BCUT2D eigenvalue weighted by Crippen LogP contribution is -2.40. The molecule has 1 aliphatic carbocycles. The smallest absolute Gasteiger partial charge is 0.191 e. The van der Waals surface area contributed by atoms with Crippen LogP contribution in [0.3, 0.4) is 0 Å². The highest BCUT2D eigenvalue weighted by Crippen LogP contribution is 2.18. The predicted molar refractivity (Wildman–Crippen MR) is 65.9 cm³/mol. The third-order valence-electron chi connectivity index (χ3n) is 2.69. The molecule has 1 aliphatic rings. The van der Waals surface area contributed by atoms with E-state index in [0.29, 0.717) is 18.3 Å². The van der Waals surface area contributed by atoms with Gasteiger partial charge in [-0.2, -0.15) is 0 Å². The minimum Gasteiger partial charge on any atom is -0.464 e. The number of aryl methyl sites for hydroxylation is 1. The van der Waals surface area contributed by atoms with Gasteiger partial charge in [0, 0.05) is 13.1 Å². The lowest BCUT2D eigenvalue weighted by atomic mass is 10.3. The third kappa shape index (κ3) is 3.49. The molecule has 1 saturated carbocycles. The molecule has 0 radical (unpaired) electrons. The Morgan fingerprint density at radius 3 is 2.88 bits per heavy atom. The molecule has 0 aliphatic heterocycles. The second-order valence-corrected chi connectivity index (χ2v) is 4.34. The summed E-state index contributed by atoms with van der Waals surface area (Å²) in [6.45, 7) is 2.25. The van der Waals surface area contributed by atoms with Gasteiger partial charge in [-0.15, -0.1) is 0 Å². The number of hydrogen-bond donors (Lipinski definition) is 3. The Morgan fingerprint density at radius 2 is 2.35 bits per heavy atom. The second-order valence-electron chi connectivity index (χ2n) is 4.34. The largest absolute Gasteiger partial charge is 0.464 e. The minimum absolute atomic E-state index is 0.388. The van der Waals surface area contributed by atoms with Crippen molar-refractivity contribution in [2.24, 2.45) is 4.99 Å². The summed E-state index contributed by atoms with van der Waals surface area (Å²) in [5.74, 6) is 2.12. The van der Waals surface area contributed by atoms with E-state index in [4.69, 9.17) is 4.42 Å². The SMILES string of the molecule is CN=C(NCC(O)c1ccc(C)o1)NC1CC1. The molecule has 2 rings (SSSR count). The molecule has 17 heavy (non-hydrogen) atoms. The lowest BCUT2D eigenvalue weighted by molar-refractivity contribution is 0.151. The summed E-state index contributed by atoms with van der Waals surface area (Å²) in [6, 6.07) is 4.18. The maximum atomic E-state index is 9.89. The van der Waals surface area contributed by atoms with Gasteiger partial charge < -0.3 is 20.2 Å². The van der Waals surface area contributed by atoms with Crippen LogP contribution in [0.1, 0.15) is 30.5 Å². The second kappa shape index (κ2) is 5.23. The highest BCUT2D eigenvalue weighted by Gasteiger charge is 2.22. The van der Waals surface area contributed by atoms with Crippen molar-refractivity contribution in [1.29, 1.82) is 0 Å². The van der Waals surface area contributed by atoms with Crippen molar-refractivity contribution >= 4 is 5.96 Å². The van der Waals surface area contributed by atoms with Crippen molar-refractivity contribution < 1.29 is 9.52 Å². The molecule has 1 atom stereocenters. The average molecular weight is 237 g/mol. The van der Waals surface area contributed by atoms with Crippen LogP contribution in [0.5, 0.6) is 0 Å². The number of aliphatic imine (C=N–C) groups is 1. The van der Waals surface area contributed by atoms with Crippen LogP contribution in [-0.2, 0) is 0 Å². The average Bonchev–Trinajstić information content (AvgIpc) is 3.04. The van der Waals surface area contributed by atoms with E-state index >= 15 is 0 Å². The van der Waals surface area contributed by atoms with Gasteiger partial charge in [0.1, 0.15) is 17.6 Å². The van der Waals surface area contributed by atoms with Crippen molar-refractivity contribution in [3.63, 3.8) is 0 Å². The maximum absolute atomic E-state index is 9.89. The molecular weight excluding hydrogens is 218 g/mol. The van der Waals surface area contributed by atoms with Crippen LogP contribution in [0.2, 0.25) is 0 Å². The number of rotatable bonds is 4. The fourth-order valence-electron chi connectivity index (χ4n) is 1.54. The fourth-order valence-corrected chi connectivity index (χ4v) is 1.54. The van der Waals surface area contributed by atoms with Gasteiger partial charge in [-0.1, -0.05) is 0 Å². The monoisotopic (exact) mass is 237 g/mol. The van der Waals surface area contributed by atoms with Gasteiger partial charge in [0.15, 0.2) is 5.96 Å². The van der Waals surface area contributed by atoms with Crippen molar-refractivity contribution in [3.8, 4) is 0 Å².